The zero-order chi connectivity index (χ0) is 15.6. The van der Waals surface area contributed by atoms with Crippen LogP contribution in [-0.4, -0.2) is 15.8 Å². The summed E-state index contributed by atoms with van der Waals surface area (Å²) < 4.78 is 0. The van der Waals surface area contributed by atoms with Crippen molar-refractivity contribution in [1.82, 2.24) is 10.3 Å². The van der Waals surface area contributed by atoms with Crippen LogP contribution in [-0.2, 0) is 0 Å². The maximum atomic E-state index is 12.1. The van der Waals surface area contributed by atoms with Crippen molar-refractivity contribution in [3.8, 4) is 0 Å². The fourth-order valence-corrected chi connectivity index (χ4v) is 2.62. The highest BCUT2D eigenvalue weighted by Gasteiger charge is 2.18. The van der Waals surface area contributed by atoms with Crippen molar-refractivity contribution >= 4 is 34.5 Å². The van der Waals surface area contributed by atoms with Crippen LogP contribution < -0.4 is 5.32 Å². The first-order valence-corrected chi connectivity index (χ1v) is 7.31. The van der Waals surface area contributed by atoms with Crippen molar-refractivity contribution in [1.29, 1.82) is 0 Å². The highest BCUT2D eigenvalue weighted by Crippen LogP contribution is 2.25. The van der Waals surface area contributed by atoms with Crippen LogP contribution in [0.1, 0.15) is 34.0 Å². The van der Waals surface area contributed by atoms with Crippen LogP contribution in [0.3, 0.4) is 0 Å². The Morgan fingerprint density at radius 1 is 1.52 bits per heavy atom. The molecule has 1 unspecified atom stereocenters. The SMILES string of the molecule is Cc1nc(C(C)NC(=O)c2ccc(Cl)c([N+](=O)[O-])c2)cs1. The molecule has 21 heavy (non-hydrogen) atoms. The van der Waals surface area contributed by atoms with Gasteiger partial charge in [-0.15, -0.1) is 11.3 Å². The third-order valence-electron chi connectivity index (χ3n) is 2.83. The summed E-state index contributed by atoms with van der Waals surface area (Å²) in [6.07, 6.45) is 0. The van der Waals surface area contributed by atoms with Crippen LogP contribution in [0.25, 0.3) is 0 Å². The van der Waals surface area contributed by atoms with Crippen LogP contribution >= 0.6 is 22.9 Å². The molecular formula is C13H12ClN3O3S. The number of aryl methyl sites for hydroxylation is 1. The second-order valence-corrected chi connectivity index (χ2v) is 5.88. The molecule has 0 radical (unpaired) electrons. The summed E-state index contributed by atoms with van der Waals surface area (Å²) in [6, 6.07) is 3.67. The Morgan fingerprint density at radius 2 is 2.24 bits per heavy atom. The van der Waals surface area contributed by atoms with Gasteiger partial charge in [0.2, 0.25) is 0 Å². The van der Waals surface area contributed by atoms with Gasteiger partial charge in [0.05, 0.1) is 21.7 Å². The van der Waals surface area contributed by atoms with Gasteiger partial charge in [-0.1, -0.05) is 11.6 Å². The van der Waals surface area contributed by atoms with Crippen LogP contribution in [0.5, 0.6) is 0 Å². The van der Waals surface area contributed by atoms with E-state index in [-0.39, 0.29) is 22.3 Å². The molecule has 0 saturated heterocycles. The fraction of sp³-hybridized carbons (Fsp3) is 0.231. The lowest BCUT2D eigenvalue weighted by atomic mass is 10.1. The van der Waals surface area contributed by atoms with Gasteiger partial charge in [-0.3, -0.25) is 14.9 Å². The summed E-state index contributed by atoms with van der Waals surface area (Å²) in [5, 5.41) is 16.4. The number of aromatic nitrogens is 1. The molecule has 8 heteroatoms. The van der Waals surface area contributed by atoms with E-state index in [4.69, 9.17) is 11.6 Å². The second-order valence-electron chi connectivity index (χ2n) is 4.41. The van der Waals surface area contributed by atoms with Gasteiger partial charge >= 0.3 is 0 Å². The molecule has 1 amide bonds. The number of thiazole rings is 1. The minimum absolute atomic E-state index is 0.000255. The maximum absolute atomic E-state index is 12.1. The quantitative estimate of drug-likeness (QED) is 0.688. The molecule has 1 atom stereocenters. The Balaban J connectivity index is 2.17. The van der Waals surface area contributed by atoms with Crippen molar-refractivity contribution < 1.29 is 9.72 Å². The third kappa shape index (κ3) is 3.56. The lowest BCUT2D eigenvalue weighted by molar-refractivity contribution is -0.384. The first-order valence-electron chi connectivity index (χ1n) is 6.05. The molecular weight excluding hydrogens is 314 g/mol. The van der Waals surface area contributed by atoms with E-state index in [1.165, 1.54) is 23.5 Å². The Labute approximate surface area is 129 Å². The highest BCUT2D eigenvalue weighted by molar-refractivity contribution is 7.09. The van der Waals surface area contributed by atoms with Crippen molar-refractivity contribution in [3.63, 3.8) is 0 Å². The first-order chi connectivity index (χ1) is 9.88. The van der Waals surface area contributed by atoms with Gasteiger partial charge in [0.25, 0.3) is 11.6 Å². The Bertz CT molecular complexity index is 702. The summed E-state index contributed by atoms with van der Waals surface area (Å²) in [6.45, 7) is 3.68. The number of nitrogens with zero attached hydrogens (tertiary/aromatic N) is 2. The number of nitro groups is 1. The normalized spacial score (nSPS) is 12.0. The molecule has 6 nitrogen and oxygen atoms in total. The molecule has 110 valence electrons. The van der Waals surface area contributed by atoms with Crippen molar-refractivity contribution in [3.05, 3.63) is 55.0 Å². The predicted molar refractivity (Wildman–Crippen MR) is 80.8 cm³/mol. The molecule has 1 aromatic heterocycles. The van der Waals surface area contributed by atoms with E-state index in [1.807, 2.05) is 12.3 Å². The summed E-state index contributed by atoms with van der Waals surface area (Å²) in [5.74, 6) is -0.409. The molecule has 0 spiro atoms. The molecule has 0 aliphatic rings. The molecule has 0 saturated carbocycles. The minimum Gasteiger partial charge on any atom is -0.344 e. The summed E-state index contributed by atoms with van der Waals surface area (Å²) in [5.41, 5.74) is 0.653. The van der Waals surface area contributed by atoms with Crippen LogP contribution in [0.2, 0.25) is 5.02 Å². The number of carbonyl (C=O) groups excluding carboxylic acids is 1. The third-order valence-corrected chi connectivity index (χ3v) is 3.94. The summed E-state index contributed by atoms with van der Waals surface area (Å²) >= 11 is 7.21. The molecule has 2 aromatic rings. The number of nitrogens with one attached hydrogen (secondary N) is 1. The molecule has 0 aliphatic heterocycles. The minimum atomic E-state index is -0.619. The molecule has 0 fully saturated rings. The number of carbonyl (C=O) groups is 1. The standard InChI is InChI=1S/C13H12ClN3O3S/c1-7(11-6-21-8(2)16-11)15-13(18)9-3-4-10(14)12(5-9)17(19)20/h3-7H,1-2H3,(H,15,18). The van der Waals surface area contributed by atoms with Gasteiger partial charge in [0.15, 0.2) is 0 Å². The molecule has 1 heterocycles. The van der Waals surface area contributed by atoms with Crippen LogP contribution in [0, 0.1) is 17.0 Å². The monoisotopic (exact) mass is 325 g/mol. The van der Waals surface area contributed by atoms with Crippen molar-refractivity contribution in [2.75, 3.05) is 0 Å². The average Bonchev–Trinajstić information content (AvgIpc) is 2.85. The Kier molecular flexibility index (Phi) is 4.54. The van der Waals surface area contributed by atoms with E-state index >= 15 is 0 Å². The largest absolute Gasteiger partial charge is 0.344 e. The number of amides is 1. The molecule has 1 N–H and O–H groups in total. The number of hydrogen-bond acceptors (Lipinski definition) is 5. The van der Waals surface area contributed by atoms with E-state index < -0.39 is 10.8 Å². The van der Waals surface area contributed by atoms with Crippen LogP contribution in [0.15, 0.2) is 23.6 Å². The second kappa shape index (κ2) is 6.19. The molecule has 0 aliphatic carbocycles. The zero-order valence-corrected chi connectivity index (χ0v) is 12.9. The smallest absolute Gasteiger partial charge is 0.288 e. The van der Waals surface area contributed by atoms with E-state index in [1.54, 1.807) is 6.92 Å². The number of nitro benzene ring substituents is 1. The van der Waals surface area contributed by atoms with E-state index in [9.17, 15) is 14.9 Å². The summed E-state index contributed by atoms with van der Waals surface area (Å²) in [4.78, 5) is 26.6. The van der Waals surface area contributed by atoms with Crippen LogP contribution in [0.4, 0.5) is 5.69 Å². The maximum Gasteiger partial charge on any atom is 0.288 e. The Morgan fingerprint density at radius 3 is 2.81 bits per heavy atom. The first kappa shape index (κ1) is 15.4. The topological polar surface area (TPSA) is 85.1 Å². The van der Waals surface area contributed by atoms with Gasteiger partial charge in [-0.05, 0) is 26.0 Å². The van der Waals surface area contributed by atoms with Gasteiger partial charge in [0.1, 0.15) is 5.02 Å². The fourth-order valence-electron chi connectivity index (χ4n) is 1.73. The van der Waals surface area contributed by atoms with E-state index in [2.05, 4.69) is 10.3 Å². The molecule has 2 rings (SSSR count). The lowest BCUT2D eigenvalue weighted by Gasteiger charge is -2.11. The number of hydrogen-bond donors (Lipinski definition) is 1. The Hall–Kier alpha value is -1.99. The van der Waals surface area contributed by atoms with Crippen molar-refractivity contribution in [2.45, 2.75) is 19.9 Å². The highest BCUT2D eigenvalue weighted by atomic mass is 35.5. The lowest BCUT2D eigenvalue weighted by Crippen LogP contribution is -2.26. The predicted octanol–water partition coefficient (Wildman–Crippen LogP) is 3.50. The van der Waals surface area contributed by atoms with Gasteiger partial charge in [0, 0.05) is 17.0 Å². The van der Waals surface area contributed by atoms with Gasteiger partial charge in [-0.2, -0.15) is 0 Å². The van der Waals surface area contributed by atoms with Crippen molar-refractivity contribution in [2.24, 2.45) is 0 Å². The average molecular weight is 326 g/mol. The number of halogens is 1. The number of rotatable bonds is 4. The molecule has 0 bridgehead atoms. The zero-order valence-electron chi connectivity index (χ0n) is 11.3. The van der Waals surface area contributed by atoms with E-state index in [0.717, 1.165) is 16.8 Å². The van der Waals surface area contributed by atoms with E-state index in [0.29, 0.717) is 0 Å². The van der Waals surface area contributed by atoms with Gasteiger partial charge in [-0.25, -0.2) is 4.98 Å². The summed E-state index contributed by atoms with van der Waals surface area (Å²) in [7, 11) is 0. The molecule has 1 aromatic carbocycles. The number of benzene rings is 1. The van der Waals surface area contributed by atoms with Gasteiger partial charge < -0.3 is 5.32 Å².